The fraction of sp³-hybridized carbons (Fsp3) is 0.455. The standard InChI is InChI=1S/C11H14O3S/c1-15(13,14)9-6-5-8-3-2-4-11(12)10(8)7-9/h5-7,11-12H,2-4H2,1H3. The zero-order valence-electron chi connectivity index (χ0n) is 8.60. The van der Waals surface area contributed by atoms with E-state index in [2.05, 4.69) is 0 Å². The Hall–Kier alpha value is -0.870. The Morgan fingerprint density at radius 2 is 2.13 bits per heavy atom. The molecule has 0 heterocycles. The second-order valence-corrected chi connectivity index (χ2v) is 6.06. The highest BCUT2D eigenvalue weighted by Crippen LogP contribution is 2.31. The molecule has 1 atom stereocenters. The van der Waals surface area contributed by atoms with E-state index in [1.165, 1.54) is 6.26 Å². The number of aliphatic hydroxyl groups is 1. The summed E-state index contributed by atoms with van der Waals surface area (Å²) in [6.45, 7) is 0. The van der Waals surface area contributed by atoms with Gasteiger partial charge in [0.15, 0.2) is 9.84 Å². The topological polar surface area (TPSA) is 54.4 Å². The second kappa shape index (κ2) is 3.61. The van der Waals surface area contributed by atoms with Gasteiger partial charge in [-0.25, -0.2) is 8.42 Å². The maximum Gasteiger partial charge on any atom is 0.175 e. The molecule has 1 aliphatic carbocycles. The Labute approximate surface area is 89.7 Å². The van der Waals surface area contributed by atoms with Crippen molar-refractivity contribution in [2.75, 3.05) is 6.26 Å². The van der Waals surface area contributed by atoms with Crippen LogP contribution in [0.15, 0.2) is 23.1 Å². The van der Waals surface area contributed by atoms with E-state index in [1.54, 1.807) is 12.1 Å². The highest BCUT2D eigenvalue weighted by Gasteiger charge is 2.19. The highest BCUT2D eigenvalue weighted by molar-refractivity contribution is 7.90. The van der Waals surface area contributed by atoms with Gasteiger partial charge in [-0.1, -0.05) is 6.07 Å². The normalized spacial score (nSPS) is 21.1. The highest BCUT2D eigenvalue weighted by atomic mass is 32.2. The minimum Gasteiger partial charge on any atom is -0.388 e. The lowest BCUT2D eigenvalue weighted by atomic mass is 9.90. The summed E-state index contributed by atoms with van der Waals surface area (Å²) in [6, 6.07) is 5.04. The van der Waals surface area contributed by atoms with E-state index in [1.807, 2.05) is 6.07 Å². The Kier molecular flexibility index (Phi) is 2.56. The van der Waals surface area contributed by atoms with Crippen molar-refractivity contribution in [1.82, 2.24) is 0 Å². The van der Waals surface area contributed by atoms with Gasteiger partial charge in [0.1, 0.15) is 0 Å². The smallest absolute Gasteiger partial charge is 0.175 e. The number of aryl methyl sites for hydroxylation is 1. The maximum absolute atomic E-state index is 11.3. The van der Waals surface area contributed by atoms with Crippen LogP contribution in [0.1, 0.15) is 30.1 Å². The first kappa shape index (κ1) is 10.6. The van der Waals surface area contributed by atoms with Crippen molar-refractivity contribution in [3.8, 4) is 0 Å². The van der Waals surface area contributed by atoms with Gasteiger partial charge in [0.2, 0.25) is 0 Å². The molecule has 2 rings (SSSR count). The fourth-order valence-electron chi connectivity index (χ4n) is 1.98. The predicted molar refractivity (Wildman–Crippen MR) is 57.4 cm³/mol. The number of hydrogen-bond acceptors (Lipinski definition) is 3. The van der Waals surface area contributed by atoms with Crippen molar-refractivity contribution in [3.63, 3.8) is 0 Å². The lowest BCUT2D eigenvalue weighted by molar-refractivity contribution is 0.156. The Bertz CT molecular complexity index is 477. The third-order valence-electron chi connectivity index (χ3n) is 2.83. The van der Waals surface area contributed by atoms with Crippen LogP contribution in [-0.2, 0) is 16.3 Å². The molecule has 0 saturated carbocycles. The van der Waals surface area contributed by atoms with Gasteiger partial charge in [0.25, 0.3) is 0 Å². The van der Waals surface area contributed by atoms with E-state index in [9.17, 15) is 13.5 Å². The van der Waals surface area contributed by atoms with E-state index in [-0.39, 0.29) is 0 Å². The van der Waals surface area contributed by atoms with E-state index in [4.69, 9.17) is 0 Å². The number of benzene rings is 1. The molecule has 1 unspecified atom stereocenters. The van der Waals surface area contributed by atoms with E-state index in [0.29, 0.717) is 4.90 Å². The molecule has 1 aromatic rings. The fourth-order valence-corrected chi connectivity index (χ4v) is 2.64. The lowest BCUT2D eigenvalue weighted by Crippen LogP contribution is -2.10. The third-order valence-corrected chi connectivity index (χ3v) is 3.94. The van der Waals surface area contributed by atoms with Gasteiger partial charge >= 0.3 is 0 Å². The van der Waals surface area contributed by atoms with Crippen molar-refractivity contribution in [2.45, 2.75) is 30.3 Å². The average Bonchev–Trinajstić information content (AvgIpc) is 2.16. The maximum atomic E-state index is 11.3. The Balaban J connectivity index is 2.53. The molecule has 0 spiro atoms. The molecular weight excluding hydrogens is 212 g/mol. The summed E-state index contributed by atoms with van der Waals surface area (Å²) in [5, 5.41) is 9.76. The summed E-state index contributed by atoms with van der Waals surface area (Å²) >= 11 is 0. The molecule has 82 valence electrons. The van der Waals surface area contributed by atoms with Gasteiger partial charge in [-0.2, -0.15) is 0 Å². The van der Waals surface area contributed by atoms with Crippen molar-refractivity contribution < 1.29 is 13.5 Å². The largest absolute Gasteiger partial charge is 0.388 e. The van der Waals surface area contributed by atoms with Crippen LogP contribution in [0.25, 0.3) is 0 Å². The summed E-state index contributed by atoms with van der Waals surface area (Å²) in [5.74, 6) is 0. The van der Waals surface area contributed by atoms with Crippen molar-refractivity contribution in [3.05, 3.63) is 29.3 Å². The van der Waals surface area contributed by atoms with Crippen LogP contribution in [0, 0.1) is 0 Å². The minimum absolute atomic E-state index is 0.294. The Morgan fingerprint density at radius 1 is 1.40 bits per heavy atom. The molecule has 1 aliphatic rings. The molecule has 0 amide bonds. The quantitative estimate of drug-likeness (QED) is 0.788. The molecule has 0 aliphatic heterocycles. The van der Waals surface area contributed by atoms with Crippen LogP contribution in [0.4, 0.5) is 0 Å². The van der Waals surface area contributed by atoms with Crippen LogP contribution >= 0.6 is 0 Å². The molecule has 0 bridgehead atoms. The zero-order valence-corrected chi connectivity index (χ0v) is 9.42. The van der Waals surface area contributed by atoms with Gasteiger partial charge in [-0.15, -0.1) is 0 Å². The van der Waals surface area contributed by atoms with Crippen LogP contribution < -0.4 is 0 Å². The summed E-state index contributed by atoms with van der Waals surface area (Å²) in [5.41, 5.74) is 1.85. The average molecular weight is 226 g/mol. The zero-order chi connectivity index (χ0) is 11.1. The Morgan fingerprint density at radius 3 is 2.80 bits per heavy atom. The van der Waals surface area contributed by atoms with Gasteiger partial charge in [0.05, 0.1) is 11.0 Å². The van der Waals surface area contributed by atoms with Gasteiger partial charge in [-0.3, -0.25) is 0 Å². The molecule has 0 aromatic heterocycles. The van der Waals surface area contributed by atoms with E-state index < -0.39 is 15.9 Å². The molecule has 0 radical (unpaired) electrons. The summed E-state index contributed by atoms with van der Waals surface area (Å²) < 4.78 is 22.7. The number of hydrogen-bond donors (Lipinski definition) is 1. The van der Waals surface area contributed by atoms with E-state index in [0.717, 1.165) is 30.4 Å². The molecular formula is C11H14O3S. The number of fused-ring (bicyclic) bond motifs is 1. The number of aliphatic hydroxyl groups excluding tert-OH is 1. The molecule has 1 N–H and O–H groups in total. The molecule has 4 heteroatoms. The number of sulfone groups is 1. The third kappa shape index (κ3) is 2.06. The first-order valence-electron chi connectivity index (χ1n) is 4.99. The first-order chi connectivity index (χ1) is 6.98. The number of rotatable bonds is 1. The SMILES string of the molecule is CS(=O)(=O)c1ccc2c(c1)C(O)CCC2. The summed E-state index contributed by atoms with van der Waals surface area (Å²) in [4.78, 5) is 0.294. The monoisotopic (exact) mass is 226 g/mol. The molecule has 1 aromatic carbocycles. The van der Waals surface area contributed by atoms with Crippen LogP contribution in [0.5, 0.6) is 0 Å². The minimum atomic E-state index is -3.17. The summed E-state index contributed by atoms with van der Waals surface area (Å²) in [7, 11) is -3.17. The van der Waals surface area contributed by atoms with Crippen LogP contribution in [0.2, 0.25) is 0 Å². The van der Waals surface area contributed by atoms with Crippen molar-refractivity contribution in [1.29, 1.82) is 0 Å². The molecule has 15 heavy (non-hydrogen) atoms. The predicted octanol–water partition coefficient (Wildman–Crippen LogP) is 1.46. The lowest BCUT2D eigenvalue weighted by Gasteiger charge is -2.21. The van der Waals surface area contributed by atoms with Gasteiger partial charge < -0.3 is 5.11 Å². The molecule has 3 nitrogen and oxygen atoms in total. The van der Waals surface area contributed by atoms with Crippen molar-refractivity contribution >= 4 is 9.84 Å². The van der Waals surface area contributed by atoms with Crippen molar-refractivity contribution in [2.24, 2.45) is 0 Å². The van der Waals surface area contributed by atoms with Gasteiger partial charge in [0, 0.05) is 6.26 Å². The first-order valence-corrected chi connectivity index (χ1v) is 6.88. The summed E-state index contributed by atoms with van der Waals surface area (Å²) in [6.07, 6.45) is 3.29. The molecule has 0 saturated heterocycles. The van der Waals surface area contributed by atoms with Crippen LogP contribution in [0.3, 0.4) is 0 Å². The van der Waals surface area contributed by atoms with Gasteiger partial charge in [-0.05, 0) is 42.5 Å². The van der Waals surface area contributed by atoms with Crippen LogP contribution in [-0.4, -0.2) is 19.8 Å². The molecule has 0 fully saturated rings. The second-order valence-electron chi connectivity index (χ2n) is 4.04. The van der Waals surface area contributed by atoms with E-state index >= 15 is 0 Å².